The highest BCUT2D eigenvalue weighted by molar-refractivity contribution is 7.80. The van der Waals surface area contributed by atoms with Gasteiger partial charge in [0.15, 0.2) is 0 Å². The van der Waals surface area contributed by atoms with Crippen molar-refractivity contribution in [2.24, 2.45) is 0 Å². The van der Waals surface area contributed by atoms with E-state index in [0.29, 0.717) is 18.4 Å². The SMILES string of the molecule is CN(C)C(=S)OC[C@@H](OCc1ccccc1)[C@@H](OCc1ccccc1)[C@H](OCc1ccccc1)[C@@H](CO)OCc1ccccc1. The zero-order valence-electron chi connectivity index (χ0n) is 25.9. The second-order valence-electron chi connectivity index (χ2n) is 10.8. The molecule has 0 bridgehead atoms. The summed E-state index contributed by atoms with van der Waals surface area (Å²) < 4.78 is 32.2. The number of ether oxygens (including phenoxy) is 5. The maximum atomic E-state index is 10.7. The van der Waals surface area contributed by atoms with Crippen LogP contribution in [-0.2, 0) is 50.1 Å². The Morgan fingerprint density at radius 3 is 1.24 bits per heavy atom. The average Bonchev–Trinajstić information content (AvgIpc) is 3.09. The minimum atomic E-state index is -0.738. The van der Waals surface area contributed by atoms with E-state index in [-0.39, 0.29) is 26.4 Å². The molecule has 8 heteroatoms. The van der Waals surface area contributed by atoms with Gasteiger partial charge >= 0.3 is 0 Å². The van der Waals surface area contributed by atoms with Crippen LogP contribution in [0.3, 0.4) is 0 Å². The fourth-order valence-corrected chi connectivity index (χ4v) is 4.76. The van der Waals surface area contributed by atoms with Gasteiger partial charge < -0.3 is 33.7 Å². The fraction of sp³-hybridized carbons (Fsp3) is 0.324. The highest BCUT2D eigenvalue weighted by Crippen LogP contribution is 2.24. The van der Waals surface area contributed by atoms with Crippen LogP contribution in [0.15, 0.2) is 121 Å². The Balaban J connectivity index is 1.67. The van der Waals surface area contributed by atoms with Crippen LogP contribution in [0.1, 0.15) is 22.3 Å². The molecule has 0 heterocycles. The summed E-state index contributed by atoms with van der Waals surface area (Å²) in [5.74, 6) is 0. The van der Waals surface area contributed by atoms with Crippen molar-refractivity contribution in [1.29, 1.82) is 0 Å². The Bertz CT molecular complexity index is 1360. The van der Waals surface area contributed by atoms with E-state index in [1.807, 2.05) is 135 Å². The van der Waals surface area contributed by atoms with Crippen molar-refractivity contribution in [3.8, 4) is 0 Å². The third-order valence-corrected chi connectivity index (χ3v) is 7.64. The molecular weight excluding hydrogens is 586 g/mol. The smallest absolute Gasteiger partial charge is 0.258 e. The zero-order chi connectivity index (χ0) is 31.7. The maximum Gasteiger partial charge on any atom is 0.258 e. The first-order valence-electron chi connectivity index (χ1n) is 15.1. The van der Waals surface area contributed by atoms with Gasteiger partial charge in [-0.15, -0.1) is 0 Å². The number of nitrogens with zero attached hydrogens (tertiary/aromatic N) is 1. The molecule has 7 nitrogen and oxygen atoms in total. The monoisotopic (exact) mass is 629 g/mol. The highest BCUT2D eigenvalue weighted by Gasteiger charge is 2.39. The lowest BCUT2D eigenvalue weighted by molar-refractivity contribution is -0.201. The minimum absolute atomic E-state index is 0.103. The summed E-state index contributed by atoms with van der Waals surface area (Å²) in [5.41, 5.74) is 3.95. The summed E-state index contributed by atoms with van der Waals surface area (Å²) in [5, 5.41) is 11.1. The lowest BCUT2D eigenvalue weighted by Gasteiger charge is -2.37. The Hall–Kier alpha value is -3.63. The Morgan fingerprint density at radius 2 is 0.889 bits per heavy atom. The molecule has 0 aliphatic heterocycles. The molecule has 0 saturated heterocycles. The number of hydrogen-bond acceptors (Lipinski definition) is 7. The predicted molar refractivity (Wildman–Crippen MR) is 179 cm³/mol. The molecule has 0 spiro atoms. The Kier molecular flexibility index (Phi) is 14.5. The van der Waals surface area contributed by atoms with Crippen LogP contribution in [-0.4, -0.2) is 66.9 Å². The van der Waals surface area contributed by atoms with Gasteiger partial charge in [-0.05, 0) is 34.5 Å². The number of aliphatic hydroxyl groups is 1. The molecule has 238 valence electrons. The van der Waals surface area contributed by atoms with E-state index >= 15 is 0 Å². The zero-order valence-corrected chi connectivity index (χ0v) is 26.8. The molecule has 0 unspecified atom stereocenters. The molecule has 0 aliphatic rings. The first kappa shape index (κ1) is 34.2. The summed E-state index contributed by atoms with van der Waals surface area (Å²) in [7, 11) is 3.66. The maximum absolute atomic E-state index is 10.7. The fourth-order valence-electron chi connectivity index (χ4n) is 4.69. The minimum Gasteiger partial charge on any atom is -0.468 e. The lowest BCUT2D eigenvalue weighted by Crippen LogP contribution is -2.52. The topological polar surface area (TPSA) is 69.6 Å². The third kappa shape index (κ3) is 11.7. The quantitative estimate of drug-likeness (QED) is 0.131. The van der Waals surface area contributed by atoms with Gasteiger partial charge in [-0.3, -0.25) is 0 Å². The van der Waals surface area contributed by atoms with E-state index < -0.39 is 24.4 Å². The van der Waals surface area contributed by atoms with E-state index in [9.17, 15) is 5.11 Å². The van der Waals surface area contributed by atoms with Gasteiger partial charge in [0.05, 0.1) is 33.0 Å². The van der Waals surface area contributed by atoms with Crippen molar-refractivity contribution in [3.63, 3.8) is 0 Å². The molecule has 4 aromatic rings. The molecule has 0 aromatic heterocycles. The largest absolute Gasteiger partial charge is 0.468 e. The van der Waals surface area contributed by atoms with E-state index in [1.165, 1.54) is 0 Å². The molecule has 4 atom stereocenters. The first-order chi connectivity index (χ1) is 22.0. The van der Waals surface area contributed by atoms with E-state index in [4.69, 9.17) is 35.9 Å². The second-order valence-corrected chi connectivity index (χ2v) is 11.2. The van der Waals surface area contributed by atoms with Crippen LogP contribution in [0, 0.1) is 0 Å². The molecule has 0 amide bonds. The molecule has 0 saturated carbocycles. The van der Waals surface area contributed by atoms with Crippen molar-refractivity contribution < 1.29 is 28.8 Å². The van der Waals surface area contributed by atoms with Crippen LogP contribution in [0.2, 0.25) is 0 Å². The first-order valence-corrected chi connectivity index (χ1v) is 15.5. The number of hydrogen-bond donors (Lipinski definition) is 1. The molecule has 0 fully saturated rings. The third-order valence-electron chi connectivity index (χ3n) is 7.16. The summed E-state index contributed by atoms with van der Waals surface area (Å²) in [6.45, 7) is 0.987. The van der Waals surface area contributed by atoms with Gasteiger partial charge in [0.25, 0.3) is 5.17 Å². The van der Waals surface area contributed by atoms with Crippen molar-refractivity contribution in [1.82, 2.24) is 4.90 Å². The molecule has 45 heavy (non-hydrogen) atoms. The van der Waals surface area contributed by atoms with Crippen LogP contribution < -0.4 is 0 Å². The van der Waals surface area contributed by atoms with Gasteiger partial charge in [0, 0.05) is 14.1 Å². The van der Waals surface area contributed by atoms with Crippen molar-refractivity contribution in [3.05, 3.63) is 144 Å². The van der Waals surface area contributed by atoms with Crippen LogP contribution in [0.5, 0.6) is 0 Å². The van der Waals surface area contributed by atoms with E-state index in [2.05, 4.69) is 0 Å². The number of benzene rings is 4. The van der Waals surface area contributed by atoms with Gasteiger partial charge in [-0.1, -0.05) is 121 Å². The van der Waals surface area contributed by atoms with Gasteiger partial charge in [-0.2, -0.15) is 0 Å². The summed E-state index contributed by atoms with van der Waals surface area (Å²) in [6, 6.07) is 39.6. The molecule has 1 N–H and O–H groups in total. The van der Waals surface area contributed by atoms with Gasteiger partial charge in [0.1, 0.15) is 31.0 Å². The summed E-state index contributed by atoms with van der Waals surface area (Å²) in [4.78, 5) is 1.73. The van der Waals surface area contributed by atoms with Crippen LogP contribution in [0.25, 0.3) is 0 Å². The number of aliphatic hydroxyl groups excluding tert-OH is 1. The predicted octanol–water partition coefficient (Wildman–Crippen LogP) is 6.18. The van der Waals surface area contributed by atoms with Crippen LogP contribution >= 0.6 is 12.2 Å². The summed E-state index contributed by atoms with van der Waals surface area (Å²) >= 11 is 5.46. The number of rotatable bonds is 18. The summed E-state index contributed by atoms with van der Waals surface area (Å²) in [6.07, 6.45) is -2.82. The Morgan fingerprint density at radius 1 is 0.556 bits per heavy atom. The molecule has 4 aromatic carbocycles. The number of thiocarbonyl (C=S) groups is 1. The van der Waals surface area contributed by atoms with Crippen molar-refractivity contribution in [2.75, 3.05) is 27.3 Å². The van der Waals surface area contributed by atoms with E-state index in [0.717, 1.165) is 22.3 Å². The van der Waals surface area contributed by atoms with Crippen LogP contribution in [0.4, 0.5) is 0 Å². The van der Waals surface area contributed by atoms with E-state index in [1.54, 1.807) is 4.90 Å². The standard InChI is InChI=1S/C37H43NO6S/c1-38(2)37(45)44-28-34(41-25-30-17-9-4-10-18-30)36(43-27-32-21-13-6-14-22-32)35(42-26-31-19-11-5-12-20-31)33(23-39)40-24-29-15-7-3-8-16-29/h3-22,33-36,39H,23-28H2,1-2H3/t33-,34-,35-,36-/m1/s1. The highest BCUT2D eigenvalue weighted by atomic mass is 32.1. The molecule has 4 rings (SSSR count). The second kappa shape index (κ2) is 19.0. The van der Waals surface area contributed by atoms with Gasteiger partial charge in [0.2, 0.25) is 0 Å². The molecule has 0 radical (unpaired) electrons. The van der Waals surface area contributed by atoms with Gasteiger partial charge in [-0.25, -0.2) is 0 Å². The average molecular weight is 630 g/mol. The lowest BCUT2D eigenvalue weighted by atomic mass is 10.0. The van der Waals surface area contributed by atoms with Crippen molar-refractivity contribution in [2.45, 2.75) is 50.8 Å². The van der Waals surface area contributed by atoms with Crippen molar-refractivity contribution >= 4 is 17.4 Å². The normalized spacial score (nSPS) is 13.8. The molecule has 0 aliphatic carbocycles. The Labute approximate surface area is 272 Å². The molecular formula is C37H43NO6S.